The third-order valence-electron chi connectivity index (χ3n) is 2.97. The van der Waals surface area contributed by atoms with E-state index in [9.17, 15) is 5.26 Å². The molecule has 0 aromatic rings. The van der Waals surface area contributed by atoms with Gasteiger partial charge in [0.1, 0.15) is 5.54 Å². The molecule has 0 amide bonds. The van der Waals surface area contributed by atoms with Gasteiger partial charge in [-0.1, -0.05) is 6.92 Å². The smallest absolute Gasteiger partial charge is 0.107 e. The highest BCUT2D eigenvalue weighted by atomic mass is 32.2. The van der Waals surface area contributed by atoms with Crippen LogP contribution in [-0.2, 0) is 0 Å². The molecule has 0 saturated heterocycles. The van der Waals surface area contributed by atoms with Crippen molar-refractivity contribution in [1.29, 1.82) is 5.26 Å². The number of rotatable bonds is 4. The van der Waals surface area contributed by atoms with E-state index < -0.39 is 0 Å². The molecule has 1 fully saturated rings. The van der Waals surface area contributed by atoms with Gasteiger partial charge in [-0.25, -0.2) is 0 Å². The van der Waals surface area contributed by atoms with E-state index in [1.165, 1.54) is 12.8 Å². The highest BCUT2D eigenvalue weighted by Crippen LogP contribution is 2.33. The van der Waals surface area contributed by atoms with Crippen molar-refractivity contribution in [2.75, 3.05) is 12.8 Å². The zero-order valence-corrected chi connectivity index (χ0v) is 9.99. The van der Waals surface area contributed by atoms with E-state index in [-0.39, 0.29) is 5.54 Å². The molecule has 1 aliphatic rings. The average Bonchev–Trinajstić information content (AvgIpc) is 2.26. The van der Waals surface area contributed by atoms with Crippen LogP contribution in [0.2, 0.25) is 0 Å². The Kier molecular flexibility index (Phi) is 4.77. The van der Waals surface area contributed by atoms with Gasteiger partial charge in [-0.2, -0.15) is 17.0 Å². The van der Waals surface area contributed by atoms with Gasteiger partial charge in [-0.15, -0.1) is 0 Å². The molecule has 1 rings (SSSR count). The summed E-state index contributed by atoms with van der Waals surface area (Å²) in [7, 11) is 0. The Bertz CT molecular complexity index is 212. The molecule has 80 valence electrons. The van der Waals surface area contributed by atoms with E-state index >= 15 is 0 Å². The van der Waals surface area contributed by atoms with Gasteiger partial charge in [0.05, 0.1) is 6.07 Å². The number of hydrogen-bond donors (Lipinski definition) is 1. The second-order valence-electron chi connectivity index (χ2n) is 4.07. The predicted octanol–water partition coefficient (Wildman–Crippen LogP) is 2.55. The molecule has 1 saturated carbocycles. The highest BCUT2D eigenvalue weighted by molar-refractivity contribution is 7.99. The Labute approximate surface area is 91.4 Å². The lowest BCUT2D eigenvalue weighted by molar-refractivity contribution is 0.305. The van der Waals surface area contributed by atoms with Crippen molar-refractivity contribution in [2.24, 2.45) is 0 Å². The number of hydrogen-bond acceptors (Lipinski definition) is 3. The quantitative estimate of drug-likeness (QED) is 0.778. The number of nitriles is 1. The van der Waals surface area contributed by atoms with Crippen LogP contribution in [0.1, 0.15) is 39.0 Å². The minimum Gasteiger partial charge on any atom is -0.299 e. The molecule has 0 aliphatic heterocycles. The van der Waals surface area contributed by atoms with Crippen molar-refractivity contribution >= 4 is 11.8 Å². The summed E-state index contributed by atoms with van der Waals surface area (Å²) in [6.45, 7) is 3.11. The summed E-state index contributed by atoms with van der Waals surface area (Å²) in [4.78, 5) is 0. The first-order valence-corrected chi connectivity index (χ1v) is 6.74. The molecule has 14 heavy (non-hydrogen) atoms. The summed E-state index contributed by atoms with van der Waals surface area (Å²) in [5.41, 5.74) is -0.220. The van der Waals surface area contributed by atoms with Crippen molar-refractivity contribution in [2.45, 2.75) is 49.8 Å². The first-order valence-electron chi connectivity index (χ1n) is 5.45. The Morgan fingerprint density at radius 1 is 1.64 bits per heavy atom. The molecular formula is C11H20N2S. The van der Waals surface area contributed by atoms with Crippen LogP contribution in [0.15, 0.2) is 0 Å². The fraction of sp³-hybridized carbons (Fsp3) is 0.909. The molecule has 1 aliphatic carbocycles. The summed E-state index contributed by atoms with van der Waals surface area (Å²) >= 11 is 1.91. The van der Waals surface area contributed by atoms with Gasteiger partial charge in [-0.3, -0.25) is 5.32 Å². The lowest BCUT2D eigenvalue weighted by Gasteiger charge is -2.35. The molecule has 0 bridgehead atoms. The third-order valence-corrected chi connectivity index (χ3v) is 4.04. The molecule has 0 heterocycles. The van der Waals surface area contributed by atoms with Crippen molar-refractivity contribution < 1.29 is 0 Å². The molecule has 1 N–H and O–H groups in total. The van der Waals surface area contributed by atoms with E-state index in [1.54, 1.807) is 0 Å². The molecular weight excluding hydrogens is 192 g/mol. The van der Waals surface area contributed by atoms with Crippen LogP contribution in [0.3, 0.4) is 0 Å². The molecule has 2 unspecified atom stereocenters. The molecule has 2 nitrogen and oxygen atoms in total. The van der Waals surface area contributed by atoms with Gasteiger partial charge in [0, 0.05) is 5.25 Å². The van der Waals surface area contributed by atoms with Gasteiger partial charge in [0.25, 0.3) is 0 Å². The van der Waals surface area contributed by atoms with Crippen molar-refractivity contribution in [3.63, 3.8) is 0 Å². The fourth-order valence-electron chi connectivity index (χ4n) is 2.09. The van der Waals surface area contributed by atoms with Crippen LogP contribution in [0.4, 0.5) is 0 Å². The maximum absolute atomic E-state index is 9.26. The predicted molar refractivity (Wildman–Crippen MR) is 62.4 cm³/mol. The van der Waals surface area contributed by atoms with Crippen LogP contribution in [0.25, 0.3) is 0 Å². The minimum absolute atomic E-state index is 0.220. The first kappa shape index (κ1) is 11.9. The summed E-state index contributed by atoms with van der Waals surface area (Å²) in [6, 6.07) is 2.49. The molecule has 0 spiro atoms. The number of nitrogens with one attached hydrogen (secondary N) is 1. The maximum atomic E-state index is 9.26. The number of nitrogens with zero attached hydrogens (tertiary/aromatic N) is 1. The normalized spacial score (nSPS) is 32.5. The van der Waals surface area contributed by atoms with E-state index in [2.05, 4.69) is 24.6 Å². The molecule has 3 heteroatoms. The standard InChI is InChI=1S/C11H20N2S/c1-3-7-13-11(9-12)6-4-5-10(8-11)14-2/h10,13H,3-8H2,1-2H3. The van der Waals surface area contributed by atoms with Gasteiger partial charge < -0.3 is 0 Å². The van der Waals surface area contributed by atoms with Gasteiger partial charge in [-0.05, 0) is 44.9 Å². The molecule has 0 aromatic heterocycles. The summed E-state index contributed by atoms with van der Waals surface area (Å²) in [6.07, 6.45) is 7.77. The Hall–Kier alpha value is -0.200. The van der Waals surface area contributed by atoms with Crippen LogP contribution in [0, 0.1) is 11.3 Å². The van der Waals surface area contributed by atoms with Crippen LogP contribution in [0.5, 0.6) is 0 Å². The topological polar surface area (TPSA) is 35.8 Å². The van der Waals surface area contributed by atoms with Crippen LogP contribution in [-0.4, -0.2) is 23.6 Å². The van der Waals surface area contributed by atoms with Crippen molar-refractivity contribution in [3.05, 3.63) is 0 Å². The number of thioether (sulfide) groups is 1. The maximum Gasteiger partial charge on any atom is 0.107 e. The van der Waals surface area contributed by atoms with Crippen molar-refractivity contribution in [1.82, 2.24) is 5.32 Å². The first-order chi connectivity index (χ1) is 6.76. The minimum atomic E-state index is -0.220. The zero-order chi connectivity index (χ0) is 10.4. The van der Waals surface area contributed by atoms with Gasteiger partial charge >= 0.3 is 0 Å². The lowest BCUT2D eigenvalue weighted by atomic mass is 9.82. The van der Waals surface area contributed by atoms with Gasteiger partial charge in [0.2, 0.25) is 0 Å². The summed E-state index contributed by atoms with van der Waals surface area (Å²) < 4.78 is 0. The van der Waals surface area contributed by atoms with Gasteiger partial charge in [0.15, 0.2) is 0 Å². The third kappa shape index (κ3) is 2.90. The highest BCUT2D eigenvalue weighted by Gasteiger charge is 2.35. The molecule has 0 aromatic carbocycles. The average molecular weight is 212 g/mol. The second kappa shape index (κ2) is 5.63. The summed E-state index contributed by atoms with van der Waals surface area (Å²) in [5.74, 6) is 0. The Balaban J connectivity index is 2.55. The second-order valence-corrected chi connectivity index (χ2v) is 5.21. The SMILES string of the molecule is CCCNC1(C#N)CCCC(SC)C1. The van der Waals surface area contributed by atoms with E-state index in [1.807, 2.05) is 11.8 Å². The van der Waals surface area contributed by atoms with E-state index in [0.717, 1.165) is 25.8 Å². The monoisotopic (exact) mass is 212 g/mol. The Morgan fingerprint density at radius 2 is 2.43 bits per heavy atom. The largest absolute Gasteiger partial charge is 0.299 e. The van der Waals surface area contributed by atoms with Crippen LogP contribution >= 0.6 is 11.8 Å². The van der Waals surface area contributed by atoms with Crippen LogP contribution < -0.4 is 5.32 Å². The van der Waals surface area contributed by atoms with Crippen molar-refractivity contribution in [3.8, 4) is 6.07 Å². The van der Waals surface area contributed by atoms with E-state index in [4.69, 9.17) is 0 Å². The summed E-state index contributed by atoms with van der Waals surface area (Å²) in [5, 5.41) is 13.4. The fourth-order valence-corrected chi connectivity index (χ4v) is 2.94. The lowest BCUT2D eigenvalue weighted by Crippen LogP contribution is -2.48. The van der Waals surface area contributed by atoms with E-state index in [0.29, 0.717) is 5.25 Å². The molecule has 2 atom stereocenters. The molecule has 0 radical (unpaired) electrons. The zero-order valence-electron chi connectivity index (χ0n) is 9.18. The Morgan fingerprint density at radius 3 is 3.00 bits per heavy atom.